The van der Waals surface area contributed by atoms with Gasteiger partial charge >= 0.3 is 0 Å². The first-order valence-corrected chi connectivity index (χ1v) is 9.82. The van der Waals surface area contributed by atoms with Crippen LogP contribution in [0.3, 0.4) is 0 Å². The van der Waals surface area contributed by atoms with Crippen molar-refractivity contribution in [2.45, 2.75) is 33.1 Å². The Bertz CT molecular complexity index is 113. The predicted molar refractivity (Wildman–Crippen MR) is 55.7 cm³/mol. The SMILES string of the molecule is CCN([SiH](C)OC)[Si](C)(C)C. The van der Waals surface area contributed by atoms with Gasteiger partial charge in [0.15, 0.2) is 0 Å². The van der Waals surface area contributed by atoms with Crippen LogP contribution < -0.4 is 0 Å². The van der Waals surface area contributed by atoms with E-state index in [9.17, 15) is 0 Å². The number of nitrogens with zero attached hydrogens (tertiary/aromatic N) is 1. The van der Waals surface area contributed by atoms with Crippen LogP contribution in [0, 0.1) is 0 Å². The fraction of sp³-hybridized carbons (Fsp3) is 1.00. The van der Waals surface area contributed by atoms with Gasteiger partial charge in [0.25, 0.3) is 0 Å². The molecule has 68 valence electrons. The standard InChI is InChI=1S/C7H21NOSi2/c1-7-8(10(3)9-2)11(4,5)6/h10H,7H2,1-6H3. The summed E-state index contributed by atoms with van der Waals surface area (Å²) >= 11 is 0. The maximum absolute atomic E-state index is 5.43. The van der Waals surface area contributed by atoms with E-state index in [1.807, 2.05) is 7.11 Å². The molecule has 0 aromatic rings. The Morgan fingerprint density at radius 1 is 1.36 bits per heavy atom. The first-order valence-electron chi connectivity index (χ1n) is 4.23. The van der Waals surface area contributed by atoms with Crippen molar-refractivity contribution >= 4 is 17.4 Å². The largest absolute Gasteiger partial charge is 0.409 e. The lowest BCUT2D eigenvalue weighted by Crippen LogP contribution is -2.53. The summed E-state index contributed by atoms with van der Waals surface area (Å²) < 4.78 is 8.02. The van der Waals surface area contributed by atoms with Crippen LogP contribution in [0.1, 0.15) is 6.92 Å². The van der Waals surface area contributed by atoms with Gasteiger partial charge in [-0.1, -0.05) is 26.6 Å². The maximum Gasteiger partial charge on any atom is 0.244 e. The molecule has 0 aromatic heterocycles. The molecule has 0 aliphatic heterocycles. The third kappa shape index (κ3) is 3.51. The molecule has 0 fully saturated rings. The maximum atomic E-state index is 5.43. The van der Waals surface area contributed by atoms with Crippen LogP contribution in [0.5, 0.6) is 0 Å². The van der Waals surface area contributed by atoms with Crippen molar-refractivity contribution in [3.05, 3.63) is 0 Å². The molecule has 0 saturated heterocycles. The quantitative estimate of drug-likeness (QED) is 0.627. The van der Waals surface area contributed by atoms with E-state index in [4.69, 9.17) is 4.43 Å². The third-order valence-electron chi connectivity index (χ3n) is 1.98. The van der Waals surface area contributed by atoms with E-state index in [0.29, 0.717) is 0 Å². The molecule has 0 saturated carbocycles. The third-order valence-corrected chi connectivity index (χ3v) is 9.36. The van der Waals surface area contributed by atoms with Crippen molar-refractivity contribution < 1.29 is 4.43 Å². The molecule has 0 aliphatic rings. The zero-order valence-electron chi connectivity index (χ0n) is 8.64. The fourth-order valence-corrected chi connectivity index (χ4v) is 7.80. The van der Waals surface area contributed by atoms with Crippen molar-refractivity contribution in [3.8, 4) is 0 Å². The second-order valence-electron chi connectivity index (χ2n) is 3.79. The predicted octanol–water partition coefficient (Wildman–Crippen LogP) is 1.64. The van der Waals surface area contributed by atoms with Crippen LogP contribution in [-0.2, 0) is 4.43 Å². The average Bonchev–Trinajstić information content (AvgIpc) is 1.86. The normalized spacial score (nSPS) is 15.5. The molecule has 11 heavy (non-hydrogen) atoms. The molecule has 0 N–H and O–H groups in total. The van der Waals surface area contributed by atoms with Crippen LogP contribution in [-0.4, -0.2) is 35.3 Å². The molecule has 0 aromatic carbocycles. The lowest BCUT2D eigenvalue weighted by molar-refractivity contribution is 0.379. The lowest BCUT2D eigenvalue weighted by Gasteiger charge is -2.36. The highest BCUT2D eigenvalue weighted by molar-refractivity contribution is 6.81. The number of rotatable bonds is 4. The molecule has 1 atom stereocenters. The molecular formula is C7H21NOSi2. The van der Waals surface area contributed by atoms with Crippen LogP contribution in [0.4, 0.5) is 0 Å². The molecule has 0 aliphatic carbocycles. The average molecular weight is 191 g/mol. The Balaban J connectivity index is 4.16. The van der Waals surface area contributed by atoms with Crippen molar-refractivity contribution in [3.63, 3.8) is 0 Å². The van der Waals surface area contributed by atoms with Gasteiger partial charge in [-0.25, -0.2) is 0 Å². The van der Waals surface area contributed by atoms with Gasteiger partial charge < -0.3 is 8.66 Å². The number of hydrogen-bond acceptors (Lipinski definition) is 2. The lowest BCUT2D eigenvalue weighted by atomic mass is 10.8. The molecule has 0 amide bonds. The Labute approximate surface area is 73.4 Å². The molecule has 2 nitrogen and oxygen atoms in total. The van der Waals surface area contributed by atoms with Gasteiger partial charge in [0.05, 0.1) is 0 Å². The van der Waals surface area contributed by atoms with E-state index < -0.39 is 17.4 Å². The smallest absolute Gasteiger partial charge is 0.244 e. The van der Waals surface area contributed by atoms with Gasteiger partial charge in [0.2, 0.25) is 9.20 Å². The second-order valence-corrected chi connectivity index (χ2v) is 11.5. The first-order chi connectivity index (χ1) is 4.93. The molecule has 4 heteroatoms. The molecule has 0 radical (unpaired) electrons. The van der Waals surface area contributed by atoms with E-state index in [1.54, 1.807) is 0 Å². The zero-order valence-corrected chi connectivity index (χ0v) is 10.8. The summed E-state index contributed by atoms with van der Waals surface area (Å²) in [5, 5.41) is 0. The van der Waals surface area contributed by atoms with Gasteiger partial charge in [-0.15, -0.1) is 0 Å². The minimum Gasteiger partial charge on any atom is -0.409 e. The van der Waals surface area contributed by atoms with Gasteiger partial charge in [-0.3, -0.25) is 0 Å². The van der Waals surface area contributed by atoms with Crippen LogP contribution in [0.25, 0.3) is 0 Å². The summed E-state index contributed by atoms with van der Waals surface area (Å²) in [5.41, 5.74) is 0. The molecule has 0 rings (SSSR count). The summed E-state index contributed by atoms with van der Waals surface area (Å²) in [4.78, 5) is 0. The van der Waals surface area contributed by atoms with Gasteiger partial charge in [-0.05, 0) is 13.1 Å². The van der Waals surface area contributed by atoms with Crippen LogP contribution >= 0.6 is 0 Å². The molecular weight excluding hydrogens is 170 g/mol. The summed E-state index contributed by atoms with van der Waals surface area (Å²) in [6.45, 7) is 12.7. The van der Waals surface area contributed by atoms with Gasteiger partial charge in [0, 0.05) is 7.11 Å². The molecule has 0 spiro atoms. The molecule has 0 heterocycles. The van der Waals surface area contributed by atoms with E-state index in [1.165, 1.54) is 0 Å². The topological polar surface area (TPSA) is 12.5 Å². The van der Waals surface area contributed by atoms with Crippen molar-refractivity contribution in [2.75, 3.05) is 13.7 Å². The highest BCUT2D eigenvalue weighted by Crippen LogP contribution is 2.10. The summed E-state index contributed by atoms with van der Waals surface area (Å²) in [6.07, 6.45) is 0. The first kappa shape index (κ1) is 11.4. The second kappa shape index (κ2) is 4.40. The van der Waals surface area contributed by atoms with E-state index in [2.05, 4.69) is 37.3 Å². The Morgan fingerprint density at radius 3 is 1.91 bits per heavy atom. The van der Waals surface area contributed by atoms with E-state index in [-0.39, 0.29) is 0 Å². The Morgan fingerprint density at radius 2 is 1.82 bits per heavy atom. The van der Waals surface area contributed by atoms with Crippen LogP contribution in [0.15, 0.2) is 0 Å². The summed E-state index contributed by atoms with van der Waals surface area (Å²) in [7, 11) is -0.294. The fourth-order valence-electron chi connectivity index (χ4n) is 1.40. The summed E-state index contributed by atoms with van der Waals surface area (Å²) in [5.74, 6) is 0. The van der Waals surface area contributed by atoms with Gasteiger partial charge in [0.1, 0.15) is 8.24 Å². The number of hydrogen-bond donors (Lipinski definition) is 0. The van der Waals surface area contributed by atoms with Crippen molar-refractivity contribution in [2.24, 2.45) is 0 Å². The minimum absolute atomic E-state index is 1.03. The highest BCUT2D eigenvalue weighted by Gasteiger charge is 2.27. The van der Waals surface area contributed by atoms with Gasteiger partial charge in [-0.2, -0.15) is 0 Å². The monoisotopic (exact) mass is 191 g/mol. The summed E-state index contributed by atoms with van der Waals surface area (Å²) in [6, 6.07) is 0. The molecule has 1 unspecified atom stereocenters. The molecule has 0 bridgehead atoms. The minimum atomic E-state index is -1.10. The van der Waals surface area contributed by atoms with Crippen molar-refractivity contribution in [1.29, 1.82) is 0 Å². The van der Waals surface area contributed by atoms with Crippen LogP contribution in [0.2, 0.25) is 26.2 Å². The Hall–Kier alpha value is 0.354. The van der Waals surface area contributed by atoms with E-state index >= 15 is 0 Å². The Kier molecular flexibility index (Phi) is 4.54. The zero-order chi connectivity index (χ0) is 9.07. The highest BCUT2D eigenvalue weighted by atomic mass is 28.4. The van der Waals surface area contributed by atoms with E-state index in [0.717, 1.165) is 6.54 Å². The van der Waals surface area contributed by atoms with Crippen molar-refractivity contribution in [1.82, 2.24) is 4.23 Å².